The van der Waals surface area contributed by atoms with Crippen LogP contribution in [0.25, 0.3) is 10.2 Å². The normalized spacial score (nSPS) is 11.8. The molecular formula is C12H16N2O3S2. The van der Waals surface area contributed by atoms with Crippen molar-refractivity contribution in [1.82, 2.24) is 4.98 Å². The smallest absolute Gasteiger partial charge is 0.231 e. The summed E-state index contributed by atoms with van der Waals surface area (Å²) >= 11 is 1.32. The zero-order chi connectivity index (χ0) is 14.4. The quantitative estimate of drug-likeness (QED) is 0.946. The average Bonchev–Trinajstić information content (AvgIpc) is 2.68. The fourth-order valence-electron chi connectivity index (χ4n) is 2.07. The highest BCUT2D eigenvalue weighted by Gasteiger charge is 2.17. The van der Waals surface area contributed by atoms with Crippen LogP contribution in [-0.2, 0) is 10.0 Å². The van der Waals surface area contributed by atoms with Gasteiger partial charge in [0.25, 0.3) is 0 Å². The van der Waals surface area contributed by atoms with Crippen molar-refractivity contribution >= 4 is 36.7 Å². The zero-order valence-corrected chi connectivity index (χ0v) is 13.1. The number of benzene rings is 1. The van der Waals surface area contributed by atoms with Crippen LogP contribution in [0.3, 0.4) is 0 Å². The highest BCUT2D eigenvalue weighted by atomic mass is 32.2. The number of fused-ring (bicyclic) bond motifs is 1. The number of rotatable bonds is 3. The Labute approximate surface area is 116 Å². The van der Waals surface area contributed by atoms with E-state index in [1.165, 1.54) is 11.3 Å². The molecule has 1 aromatic heterocycles. The summed E-state index contributed by atoms with van der Waals surface area (Å²) in [5, 5.41) is 0.386. The summed E-state index contributed by atoms with van der Waals surface area (Å²) < 4.78 is 31.3. The van der Waals surface area contributed by atoms with E-state index in [1.807, 2.05) is 20.8 Å². The Hall–Kier alpha value is -1.34. The summed E-state index contributed by atoms with van der Waals surface area (Å²) in [5.41, 5.74) is 3.85. The van der Waals surface area contributed by atoms with Crippen molar-refractivity contribution in [3.63, 3.8) is 0 Å². The Morgan fingerprint density at radius 3 is 2.32 bits per heavy atom. The molecule has 5 nitrogen and oxygen atoms in total. The fourth-order valence-corrected chi connectivity index (χ4v) is 3.92. The Morgan fingerprint density at radius 2 is 1.79 bits per heavy atom. The lowest BCUT2D eigenvalue weighted by Gasteiger charge is -2.11. The van der Waals surface area contributed by atoms with Crippen molar-refractivity contribution < 1.29 is 13.2 Å². The molecule has 0 aliphatic rings. The SMILES string of the molecule is COc1c(C)c(C)c2nc(NS(C)(=O)=O)sc2c1C. The van der Waals surface area contributed by atoms with Gasteiger partial charge in [-0.05, 0) is 31.9 Å². The number of anilines is 1. The third kappa shape index (κ3) is 2.52. The largest absolute Gasteiger partial charge is 0.496 e. The summed E-state index contributed by atoms with van der Waals surface area (Å²) in [5.74, 6) is 0.833. The first-order valence-corrected chi connectivity index (χ1v) is 8.37. The second-order valence-corrected chi connectivity index (χ2v) is 7.23. The van der Waals surface area contributed by atoms with Gasteiger partial charge in [0.05, 0.1) is 23.6 Å². The highest BCUT2D eigenvalue weighted by Crippen LogP contribution is 2.39. The maximum atomic E-state index is 11.3. The summed E-state index contributed by atoms with van der Waals surface area (Å²) in [7, 11) is -1.67. The van der Waals surface area contributed by atoms with Gasteiger partial charge in [0, 0.05) is 5.56 Å². The van der Waals surface area contributed by atoms with Gasteiger partial charge in [-0.2, -0.15) is 0 Å². The van der Waals surface area contributed by atoms with E-state index >= 15 is 0 Å². The molecule has 0 spiro atoms. The van der Waals surface area contributed by atoms with Gasteiger partial charge in [-0.1, -0.05) is 11.3 Å². The molecule has 0 saturated carbocycles. The number of hydrogen-bond acceptors (Lipinski definition) is 5. The van der Waals surface area contributed by atoms with Gasteiger partial charge in [0.15, 0.2) is 5.13 Å². The van der Waals surface area contributed by atoms with Crippen molar-refractivity contribution in [2.24, 2.45) is 0 Å². The molecule has 0 atom stereocenters. The summed E-state index contributed by atoms with van der Waals surface area (Å²) in [6.45, 7) is 5.89. The number of nitrogens with zero attached hydrogens (tertiary/aromatic N) is 1. The van der Waals surface area contributed by atoms with Crippen molar-refractivity contribution in [2.75, 3.05) is 18.1 Å². The number of nitrogens with one attached hydrogen (secondary N) is 1. The molecule has 7 heteroatoms. The van der Waals surface area contributed by atoms with Crippen molar-refractivity contribution in [3.8, 4) is 5.75 Å². The standard InChI is InChI=1S/C12H16N2O3S2/c1-6-7(2)10(17-4)8(3)11-9(6)13-12(18-11)14-19(5,15)16/h1-5H3,(H,13,14). The van der Waals surface area contributed by atoms with E-state index in [2.05, 4.69) is 9.71 Å². The minimum atomic E-state index is -3.31. The minimum Gasteiger partial charge on any atom is -0.496 e. The van der Waals surface area contributed by atoms with Crippen LogP contribution >= 0.6 is 11.3 Å². The minimum absolute atomic E-state index is 0.386. The molecule has 2 rings (SSSR count). The molecule has 0 unspecified atom stereocenters. The third-order valence-electron chi connectivity index (χ3n) is 3.04. The molecule has 19 heavy (non-hydrogen) atoms. The lowest BCUT2D eigenvalue weighted by atomic mass is 10.0. The van der Waals surface area contributed by atoms with E-state index in [0.717, 1.165) is 38.9 Å². The predicted octanol–water partition coefficient (Wildman–Crippen LogP) is 2.60. The molecule has 0 bridgehead atoms. The van der Waals surface area contributed by atoms with E-state index in [-0.39, 0.29) is 0 Å². The zero-order valence-electron chi connectivity index (χ0n) is 11.5. The fraction of sp³-hybridized carbons (Fsp3) is 0.417. The molecule has 0 fully saturated rings. The summed E-state index contributed by atoms with van der Waals surface area (Å²) in [6, 6.07) is 0. The number of methoxy groups -OCH3 is 1. The first kappa shape index (κ1) is 14.1. The molecular weight excluding hydrogens is 284 g/mol. The molecule has 0 amide bonds. The second-order valence-electron chi connectivity index (χ2n) is 4.48. The molecule has 104 valence electrons. The van der Waals surface area contributed by atoms with E-state index in [0.29, 0.717) is 5.13 Å². The highest BCUT2D eigenvalue weighted by molar-refractivity contribution is 7.92. The summed E-state index contributed by atoms with van der Waals surface area (Å²) in [6.07, 6.45) is 1.12. The van der Waals surface area contributed by atoms with Gasteiger partial charge in [-0.15, -0.1) is 0 Å². The molecule has 1 heterocycles. The van der Waals surface area contributed by atoms with Crippen molar-refractivity contribution in [3.05, 3.63) is 16.7 Å². The topological polar surface area (TPSA) is 68.3 Å². The van der Waals surface area contributed by atoms with Crippen LogP contribution in [0.4, 0.5) is 5.13 Å². The van der Waals surface area contributed by atoms with Crippen LogP contribution in [0.15, 0.2) is 0 Å². The molecule has 0 aliphatic heterocycles. The van der Waals surface area contributed by atoms with Crippen molar-refractivity contribution in [1.29, 1.82) is 0 Å². The van der Waals surface area contributed by atoms with E-state index in [4.69, 9.17) is 4.74 Å². The third-order valence-corrected chi connectivity index (χ3v) is 4.83. The Balaban J connectivity index is 2.72. The van der Waals surface area contributed by atoms with E-state index in [1.54, 1.807) is 7.11 Å². The van der Waals surface area contributed by atoms with Gasteiger partial charge in [-0.3, -0.25) is 4.72 Å². The van der Waals surface area contributed by atoms with Gasteiger partial charge < -0.3 is 4.74 Å². The Bertz CT molecular complexity index is 748. The number of sulfonamides is 1. The molecule has 2 aromatic rings. The summed E-state index contributed by atoms with van der Waals surface area (Å²) in [4.78, 5) is 4.37. The van der Waals surface area contributed by atoms with Crippen LogP contribution in [0.1, 0.15) is 16.7 Å². The number of hydrogen-bond donors (Lipinski definition) is 1. The van der Waals surface area contributed by atoms with E-state index < -0.39 is 10.0 Å². The maximum absolute atomic E-state index is 11.3. The van der Waals surface area contributed by atoms with Crippen LogP contribution < -0.4 is 9.46 Å². The molecule has 1 aromatic carbocycles. The van der Waals surface area contributed by atoms with Gasteiger partial charge in [0.2, 0.25) is 10.0 Å². The van der Waals surface area contributed by atoms with Crippen LogP contribution in [0.5, 0.6) is 5.75 Å². The number of thiazole rings is 1. The lowest BCUT2D eigenvalue weighted by Crippen LogP contribution is -2.08. The average molecular weight is 300 g/mol. The lowest BCUT2D eigenvalue weighted by molar-refractivity contribution is 0.409. The van der Waals surface area contributed by atoms with Gasteiger partial charge in [0.1, 0.15) is 5.75 Å². The molecule has 0 saturated heterocycles. The molecule has 0 aliphatic carbocycles. The first-order valence-electron chi connectivity index (χ1n) is 5.66. The first-order chi connectivity index (χ1) is 8.74. The van der Waals surface area contributed by atoms with Crippen LogP contribution in [0.2, 0.25) is 0 Å². The number of ether oxygens (including phenoxy) is 1. The second kappa shape index (κ2) is 4.64. The van der Waals surface area contributed by atoms with Gasteiger partial charge >= 0.3 is 0 Å². The molecule has 0 radical (unpaired) electrons. The Morgan fingerprint density at radius 1 is 1.16 bits per heavy atom. The van der Waals surface area contributed by atoms with Crippen LogP contribution in [0, 0.1) is 20.8 Å². The number of aryl methyl sites for hydroxylation is 2. The van der Waals surface area contributed by atoms with E-state index in [9.17, 15) is 8.42 Å². The number of aromatic nitrogens is 1. The monoisotopic (exact) mass is 300 g/mol. The molecule has 1 N–H and O–H groups in total. The van der Waals surface area contributed by atoms with Crippen molar-refractivity contribution in [2.45, 2.75) is 20.8 Å². The predicted molar refractivity (Wildman–Crippen MR) is 78.8 cm³/mol. The Kier molecular flexibility index (Phi) is 3.44. The van der Waals surface area contributed by atoms with Gasteiger partial charge in [-0.25, -0.2) is 13.4 Å². The maximum Gasteiger partial charge on any atom is 0.231 e. The van der Waals surface area contributed by atoms with Crippen LogP contribution in [-0.4, -0.2) is 26.8 Å².